The Labute approximate surface area is 117 Å². The monoisotopic (exact) mass is 261 g/mol. The second-order valence-corrected chi connectivity index (χ2v) is 5.82. The van der Waals surface area contributed by atoms with Gasteiger partial charge in [0.15, 0.2) is 0 Å². The number of aromatic hydroxyl groups is 1. The fourth-order valence-corrected chi connectivity index (χ4v) is 3.37. The molecule has 2 heteroatoms. The third kappa shape index (κ3) is 3.97. The maximum Gasteiger partial charge on any atom is 0.115 e. The number of rotatable bonds is 6. The summed E-state index contributed by atoms with van der Waals surface area (Å²) in [4.78, 5) is 2.69. The number of nitrogens with zero attached hydrogens (tertiary/aromatic N) is 1. The summed E-state index contributed by atoms with van der Waals surface area (Å²) >= 11 is 0. The van der Waals surface area contributed by atoms with Crippen LogP contribution >= 0.6 is 0 Å². The molecule has 0 aromatic heterocycles. The van der Waals surface area contributed by atoms with Crippen LogP contribution in [0.25, 0.3) is 0 Å². The van der Waals surface area contributed by atoms with Gasteiger partial charge >= 0.3 is 0 Å². The second-order valence-electron chi connectivity index (χ2n) is 5.82. The number of hydrogen-bond donors (Lipinski definition) is 1. The van der Waals surface area contributed by atoms with Crippen LogP contribution < -0.4 is 0 Å². The van der Waals surface area contributed by atoms with Gasteiger partial charge in [-0.15, -0.1) is 0 Å². The first-order valence-corrected chi connectivity index (χ1v) is 7.74. The van der Waals surface area contributed by atoms with E-state index in [2.05, 4.69) is 18.7 Å². The largest absolute Gasteiger partial charge is 0.508 e. The molecule has 106 valence electrons. The van der Waals surface area contributed by atoms with Crippen molar-refractivity contribution in [3.05, 3.63) is 29.8 Å². The van der Waals surface area contributed by atoms with Gasteiger partial charge in [-0.3, -0.25) is 4.90 Å². The lowest BCUT2D eigenvalue weighted by Gasteiger charge is -2.33. The van der Waals surface area contributed by atoms with E-state index in [0.29, 0.717) is 11.8 Å². The lowest BCUT2D eigenvalue weighted by Crippen LogP contribution is -2.40. The zero-order valence-electron chi connectivity index (χ0n) is 12.3. The molecule has 0 spiro atoms. The van der Waals surface area contributed by atoms with E-state index < -0.39 is 0 Å². The highest BCUT2D eigenvalue weighted by molar-refractivity contribution is 5.25. The average Bonchev–Trinajstić information content (AvgIpc) is 2.93. The summed E-state index contributed by atoms with van der Waals surface area (Å²) in [6.07, 6.45) is 7.90. The van der Waals surface area contributed by atoms with Crippen LogP contribution in [0.5, 0.6) is 5.75 Å². The predicted octanol–water partition coefficient (Wildman–Crippen LogP) is 3.98. The molecule has 1 atom stereocenters. The van der Waals surface area contributed by atoms with Crippen LogP contribution in [0.2, 0.25) is 0 Å². The van der Waals surface area contributed by atoms with E-state index in [-0.39, 0.29) is 0 Å². The van der Waals surface area contributed by atoms with Crippen LogP contribution in [0, 0.1) is 0 Å². The number of aryl methyl sites for hydroxylation is 1. The maximum atomic E-state index is 9.30. The van der Waals surface area contributed by atoms with Crippen LogP contribution in [0.3, 0.4) is 0 Å². The van der Waals surface area contributed by atoms with Gasteiger partial charge in [0.05, 0.1) is 0 Å². The van der Waals surface area contributed by atoms with E-state index in [1.54, 1.807) is 12.1 Å². The maximum absolute atomic E-state index is 9.30. The van der Waals surface area contributed by atoms with Crippen molar-refractivity contribution in [3.8, 4) is 5.75 Å². The molecule has 1 N–H and O–H groups in total. The van der Waals surface area contributed by atoms with Crippen LogP contribution in [0.1, 0.15) is 51.5 Å². The van der Waals surface area contributed by atoms with E-state index >= 15 is 0 Å². The minimum Gasteiger partial charge on any atom is -0.508 e. The van der Waals surface area contributed by atoms with Gasteiger partial charge in [-0.25, -0.2) is 0 Å². The van der Waals surface area contributed by atoms with Crippen molar-refractivity contribution in [1.82, 2.24) is 4.90 Å². The summed E-state index contributed by atoms with van der Waals surface area (Å²) in [5.74, 6) is 0.359. The zero-order valence-corrected chi connectivity index (χ0v) is 12.3. The van der Waals surface area contributed by atoms with E-state index in [1.165, 1.54) is 44.2 Å². The smallest absolute Gasteiger partial charge is 0.115 e. The summed E-state index contributed by atoms with van der Waals surface area (Å²) in [6, 6.07) is 9.12. The minimum absolute atomic E-state index is 0.359. The number of hydrogen-bond acceptors (Lipinski definition) is 2. The first-order chi connectivity index (χ1) is 9.20. The third-order valence-electron chi connectivity index (χ3n) is 4.51. The molecular weight excluding hydrogens is 234 g/mol. The molecule has 1 fully saturated rings. The number of benzene rings is 1. The Bertz CT molecular complexity index is 367. The van der Waals surface area contributed by atoms with Gasteiger partial charge in [0.25, 0.3) is 0 Å². The fourth-order valence-electron chi connectivity index (χ4n) is 3.37. The molecule has 1 aromatic carbocycles. The van der Waals surface area contributed by atoms with Gasteiger partial charge in [0.1, 0.15) is 5.75 Å². The van der Waals surface area contributed by atoms with Crippen molar-refractivity contribution in [2.75, 3.05) is 6.54 Å². The highest BCUT2D eigenvalue weighted by atomic mass is 16.3. The summed E-state index contributed by atoms with van der Waals surface area (Å²) in [6.45, 7) is 5.82. The van der Waals surface area contributed by atoms with Crippen LogP contribution in [-0.4, -0.2) is 28.6 Å². The molecule has 1 unspecified atom stereocenters. The molecule has 0 heterocycles. The Morgan fingerprint density at radius 1 is 1.21 bits per heavy atom. The molecule has 2 nitrogen and oxygen atoms in total. The topological polar surface area (TPSA) is 23.5 Å². The first kappa shape index (κ1) is 14.4. The fraction of sp³-hybridized carbons (Fsp3) is 0.647. The van der Waals surface area contributed by atoms with Crippen molar-refractivity contribution in [2.24, 2.45) is 0 Å². The average molecular weight is 261 g/mol. The molecule has 0 amide bonds. The number of phenolic OH excluding ortho intramolecular Hbond substituents is 1. The van der Waals surface area contributed by atoms with Gasteiger partial charge in [0, 0.05) is 12.1 Å². The first-order valence-electron chi connectivity index (χ1n) is 7.74. The quantitative estimate of drug-likeness (QED) is 0.837. The van der Waals surface area contributed by atoms with Crippen molar-refractivity contribution in [3.63, 3.8) is 0 Å². The highest BCUT2D eigenvalue weighted by Crippen LogP contribution is 2.26. The predicted molar refractivity (Wildman–Crippen MR) is 80.5 cm³/mol. The summed E-state index contributed by atoms with van der Waals surface area (Å²) in [5, 5.41) is 9.30. The van der Waals surface area contributed by atoms with E-state index in [0.717, 1.165) is 12.5 Å². The zero-order chi connectivity index (χ0) is 13.7. The van der Waals surface area contributed by atoms with Crippen molar-refractivity contribution < 1.29 is 5.11 Å². The van der Waals surface area contributed by atoms with Gasteiger partial charge in [-0.1, -0.05) is 31.9 Å². The van der Waals surface area contributed by atoms with Crippen molar-refractivity contribution in [2.45, 2.75) is 64.5 Å². The molecule has 1 aromatic rings. The lowest BCUT2D eigenvalue weighted by molar-refractivity contribution is 0.147. The van der Waals surface area contributed by atoms with E-state index in [1.807, 2.05) is 12.1 Å². The van der Waals surface area contributed by atoms with Crippen molar-refractivity contribution in [1.29, 1.82) is 0 Å². The molecule has 2 rings (SSSR count). The summed E-state index contributed by atoms with van der Waals surface area (Å²) in [7, 11) is 0. The molecule has 19 heavy (non-hydrogen) atoms. The molecule has 0 aliphatic heterocycles. The molecule has 0 bridgehead atoms. The van der Waals surface area contributed by atoms with Gasteiger partial charge in [-0.05, 0) is 56.8 Å². The molecule has 1 aliphatic carbocycles. The van der Waals surface area contributed by atoms with Crippen LogP contribution in [-0.2, 0) is 6.42 Å². The minimum atomic E-state index is 0.359. The Kier molecular flexibility index (Phi) is 5.26. The Hall–Kier alpha value is -1.02. The molecule has 0 radical (unpaired) electrons. The normalized spacial score (nSPS) is 18.1. The van der Waals surface area contributed by atoms with Gasteiger partial charge in [-0.2, -0.15) is 0 Å². The third-order valence-corrected chi connectivity index (χ3v) is 4.51. The summed E-state index contributed by atoms with van der Waals surface area (Å²) in [5.41, 5.74) is 1.33. The van der Waals surface area contributed by atoms with Gasteiger partial charge < -0.3 is 5.11 Å². The standard InChI is InChI=1S/C17H27NO/c1-3-18(16-6-4-5-7-16)14(2)8-9-15-10-12-17(19)13-11-15/h10-14,16,19H,3-9H2,1-2H3. The summed E-state index contributed by atoms with van der Waals surface area (Å²) < 4.78 is 0. The van der Waals surface area contributed by atoms with Gasteiger partial charge in [0.2, 0.25) is 0 Å². The Morgan fingerprint density at radius 2 is 1.84 bits per heavy atom. The van der Waals surface area contributed by atoms with E-state index in [9.17, 15) is 5.11 Å². The van der Waals surface area contributed by atoms with Crippen LogP contribution in [0.15, 0.2) is 24.3 Å². The van der Waals surface area contributed by atoms with Crippen molar-refractivity contribution >= 4 is 0 Å². The molecule has 0 saturated heterocycles. The number of phenols is 1. The van der Waals surface area contributed by atoms with E-state index in [4.69, 9.17) is 0 Å². The SMILES string of the molecule is CCN(C(C)CCc1ccc(O)cc1)C1CCCC1. The Balaban J connectivity index is 1.85. The Morgan fingerprint density at radius 3 is 2.42 bits per heavy atom. The highest BCUT2D eigenvalue weighted by Gasteiger charge is 2.24. The molecular formula is C17H27NO. The molecule has 1 saturated carbocycles. The second kappa shape index (κ2) is 6.95. The lowest BCUT2D eigenvalue weighted by atomic mass is 10.0. The molecule has 1 aliphatic rings. The van der Waals surface area contributed by atoms with Crippen LogP contribution in [0.4, 0.5) is 0 Å².